The molecule has 0 rings (SSSR count). The van der Waals surface area contributed by atoms with Gasteiger partial charge in [0.15, 0.2) is 0 Å². The summed E-state index contributed by atoms with van der Waals surface area (Å²) in [6.07, 6.45) is 3.39. The van der Waals surface area contributed by atoms with Crippen molar-refractivity contribution in [2.24, 2.45) is 0 Å². The van der Waals surface area contributed by atoms with E-state index in [1.165, 1.54) is 0 Å². The quantitative estimate of drug-likeness (QED) is 0.341. The molecular weight excluding hydrogens is 203 g/mol. The summed E-state index contributed by atoms with van der Waals surface area (Å²) in [4.78, 5) is 0. The van der Waals surface area contributed by atoms with Crippen LogP contribution < -0.4 is 0 Å². The summed E-state index contributed by atoms with van der Waals surface area (Å²) < 4.78 is 26.6. The minimum atomic E-state index is -3.29. The fraction of sp³-hybridized carbons (Fsp3) is 0.778. The Morgan fingerprint density at radius 2 is 1.79 bits per heavy atom. The lowest BCUT2D eigenvalue weighted by Crippen LogP contribution is -2.01. The SMILES string of the molecule is C=CCCCOP(=O)(OCC)OCC. The van der Waals surface area contributed by atoms with Crippen molar-refractivity contribution in [3.8, 4) is 0 Å². The first-order valence-corrected chi connectivity index (χ1v) is 6.29. The first-order valence-electron chi connectivity index (χ1n) is 4.83. The second-order valence-corrected chi connectivity index (χ2v) is 4.22. The Morgan fingerprint density at radius 1 is 1.21 bits per heavy atom. The van der Waals surface area contributed by atoms with E-state index < -0.39 is 7.82 Å². The number of hydrogen-bond acceptors (Lipinski definition) is 4. The van der Waals surface area contributed by atoms with Gasteiger partial charge in [-0.05, 0) is 26.7 Å². The van der Waals surface area contributed by atoms with Crippen LogP contribution in [0.25, 0.3) is 0 Å². The summed E-state index contributed by atoms with van der Waals surface area (Å²) in [5.41, 5.74) is 0. The molecule has 0 fully saturated rings. The molecule has 0 heterocycles. The van der Waals surface area contributed by atoms with Gasteiger partial charge in [0, 0.05) is 0 Å². The van der Waals surface area contributed by atoms with E-state index in [-0.39, 0.29) is 0 Å². The highest BCUT2D eigenvalue weighted by Gasteiger charge is 2.24. The maximum absolute atomic E-state index is 11.7. The third-order valence-electron chi connectivity index (χ3n) is 1.38. The molecular formula is C9H19O4P. The standard InChI is InChI=1S/C9H19O4P/c1-4-7-8-9-13-14(10,11-5-2)12-6-3/h4H,1,5-9H2,2-3H3. The summed E-state index contributed by atoms with van der Waals surface area (Å²) in [6.45, 7) is 8.08. The minimum Gasteiger partial charge on any atom is -0.287 e. The molecule has 0 bridgehead atoms. The van der Waals surface area contributed by atoms with E-state index in [2.05, 4.69) is 6.58 Å². The van der Waals surface area contributed by atoms with Crippen molar-refractivity contribution in [2.75, 3.05) is 19.8 Å². The van der Waals surface area contributed by atoms with Gasteiger partial charge in [0.2, 0.25) is 0 Å². The second kappa shape index (κ2) is 8.18. The Balaban J connectivity index is 3.83. The highest BCUT2D eigenvalue weighted by Crippen LogP contribution is 2.49. The third kappa shape index (κ3) is 6.33. The summed E-state index contributed by atoms with van der Waals surface area (Å²) >= 11 is 0. The van der Waals surface area contributed by atoms with Crippen LogP contribution >= 0.6 is 7.82 Å². The molecule has 14 heavy (non-hydrogen) atoms. The zero-order chi connectivity index (χ0) is 10.9. The van der Waals surface area contributed by atoms with E-state index in [1.54, 1.807) is 19.9 Å². The zero-order valence-electron chi connectivity index (χ0n) is 8.90. The van der Waals surface area contributed by atoms with E-state index in [4.69, 9.17) is 13.6 Å². The Hall–Kier alpha value is -0.150. The fourth-order valence-electron chi connectivity index (χ4n) is 0.832. The Bertz CT molecular complexity index is 183. The molecule has 0 spiro atoms. The molecule has 0 aromatic carbocycles. The van der Waals surface area contributed by atoms with Crippen LogP contribution in [-0.2, 0) is 18.1 Å². The van der Waals surface area contributed by atoms with Crippen LogP contribution in [0.1, 0.15) is 26.7 Å². The lowest BCUT2D eigenvalue weighted by molar-refractivity contribution is 0.121. The molecule has 0 radical (unpaired) electrons. The van der Waals surface area contributed by atoms with Crippen LogP contribution in [0, 0.1) is 0 Å². The Morgan fingerprint density at radius 3 is 2.21 bits per heavy atom. The van der Waals surface area contributed by atoms with Crippen molar-refractivity contribution < 1.29 is 18.1 Å². The first-order chi connectivity index (χ1) is 6.68. The minimum absolute atomic E-state index is 0.318. The highest BCUT2D eigenvalue weighted by atomic mass is 31.2. The van der Waals surface area contributed by atoms with Crippen molar-refractivity contribution in [3.05, 3.63) is 12.7 Å². The number of rotatable bonds is 9. The van der Waals surface area contributed by atoms with Crippen LogP contribution in [-0.4, -0.2) is 19.8 Å². The topological polar surface area (TPSA) is 44.8 Å². The maximum atomic E-state index is 11.7. The molecule has 0 unspecified atom stereocenters. The van der Waals surface area contributed by atoms with E-state index in [0.717, 1.165) is 12.8 Å². The predicted octanol–water partition coefficient (Wildman–Crippen LogP) is 3.15. The van der Waals surface area contributed by atoms with Crippen molar-refractivity contribution in [1.29, 1.82) is 0 Å². The van der Waals surface area contributed by atoms with Gasteiger partial charge < -0.3 is 0 Å². The third-order valence-corrected chi connectivity index (χ3v) is 3.02. The first kappa shape index (κ1) is 13.8. The molecule has 0 aromatic heterocycles. The van der Waals surface area contributed by atoms with E-state index >= 15 is 0 Å². The van der Waals surface area contributed by atoms with Crippen LogP contribution in [0.5, 0.6) is 0 Å². The molecule has 0 saturated carbocycles. The van der Waals surface area contributed by atoms with Crippen LogP contribution in [0.4, 0.5) is 0 Å². The molecule has 4 nitrogen and oxygen atoms in total. The number of phosphoric acid groups is 1. The molecule has 0 aliphatic carbocycles. The Kier molecular flexibility index (Phi) is 8.09. The summed E-state index contributed by atoms with van der Waals surface area (Å²) in [6, 6.07) is 0. The summed E-state index contributed by atoms with van der Waals surface area (Å²) in [7, 11) is -3.29. The van der Waals surface area contributed by atoms with Crippen molar-refractivity contribution in [1.82, 2.24) is 0 Å². The average molecular weight is 222 g/mol. The van der Waals surface area contributed by atoms with E-state index in [0.29, 0.717) is 19.8 Å². The van der Waals surface area contributed by atoms with Gasteiger partial charge in [0.05, 0.1) is 19.8 Å². The summed E-state index contributed by atoms with van der Waals surface area (Å²) in [5, 5.41) is 0. The van der Waals surface area contributed by atoms with Gasteiger partial charge >= 0.3 is 7.82 Å². The number of unbranched alkanes of at least 4 members (excludes halogenated alkanes) is 1. The van der Waals surface area contributed by atoms with Gasteiger partial charge in [0.25, 0.3) is 0 Å². The van der Waals surface area contributed by atoms with Gasteiger partial charge in [-0.25, -0.2) is 4.57 Å². The zero-order valence-corrected chi connectivity index (χ0v) is 9.79. The van der Waals surface area contributed by atoms with Crippen LogP contribution in [0.2, 0.25) is 0 Å². The van der Waals surface area contributed by atoms with Crippen LogP contribution in [0.3, 0.4) is 0 Å². The molecule has 0 N–H and O–H groups in total. The molecule has 84 valence electrons. The normalized spacial score (nSPS) is 11.6. The molecule has 0 aliphatic heterocycles. The summed E-state index contributed by atoms with van der Waals surface area (Å²) in [5.74, 6) is 0. The molecule has 0 amide bonds. The smallest absolute Gasteiger partial charge is 0.287 e. The lowest BCUT2D eigenvalue weighted by atomic mass is 10.3. The molecule has 0 aromatic rings. The molecule has 0 atom stereocenters. The van der Waals surface area contributed by atoms with Gasteiger partial charge in [-0.2, -0.15) is 0 Å². The van der Waals surface area contributed by atoms with Crippen molar-refractivity contribution >= 4 is 7.82 Å². The molecule has 5 heteroatoms. The second-order valence-electron chi connectivity index (χ2n) is 2.55. The fourth-order valence-corrected chi connectivity index (χ4v) is 2.04. The largest absolute Gasteiger partial charge is 0.474 e. The van der Waals surface area contributed by atoms with Gasteiger partial charge in [-0.15, -0.1) is 6.58 Å². The molecule has 0 aliphatic rings. The van der Waals surface area contributed by atoms with E-state index in [1.807, 2.05) is 0 Å². The van der Waals surface area contributed by atoms with E-state index in [9.17, 15) is 4.57 Å². The Labute approximate surface area is 85.9 Å². The monoisotopic (exact) mass is 222 g/mol. The van der Waals surface area contributed by atoms with Gasteiger partial charge in [-0.1, -0.05) is 6.08 Å². The van der Waals surface area contributed by atoms with Gasteiger partial charge in [0.1, 0.15) is 0 Å². The lowest BCUT2D eigenvalue weighted by Gasteiger charge is -2.15. The number of allylic oxidation sites excluding steroid dienone is 1. The number of hydrogen-bond donors (Lipinski definition) is 0. The maximum Gasteiger partial charge on any atom is 0.474 e. The van der Waals surface area contributed by atoms with Crippen molar-refractivity contribution in [3.63, 3.8) is 0 Å². The number of phosphoric ester groups is 1. The molecule has 0 saturated heterocycles. The predicted molar refractivity (Wildman–Crippen MR) is 56.2 cm³/mol. The van der Waals surface area contributed by atoms with Crippen molar-refractivity contribution in [2.45, 2.75) is 26.7 Å². The highest BCUT2D eigenvalue weighted by molar-refractivity contribution is 7.48. The van der Waals surface area contributed by atoms with Gasteiger partial charge in [-0.3, -0.25) is 13.6 Å². The van der Waals surface area contributed by atoms with Crippen LogP contribution in [0.15, 0.2) is 12.7 Å². The average Bonchev–Trinajstić information content (AvgIpc) is 2.13.